The topological polar surface area (TPSA) is 56.2 Å². The van der Waals surface area contributed by atoms with Crippen molar-refractivity contribution in [1.82, 2.24) is 14.9 Å². The lowest BCUT2D eigenvalue weighted by molar-refractivity contribution is -0.125. The van der Waals surface area contributed by atoms with Gasteiger partial charge >= 0.3 is 0 Å². The second-order valence-electron chi connectivity index (χ2n) is 9.83. The number of nitrogens with zero attached hydrogens (tertiary/aromatic N) is 2. The molecule has 3 aromatic rings. The summed E-state index contributed by atoms with van der Waals surface area (Å²) in [5.74, 6) is 1.94. The van der Waals surface area contributed by atoms with Crippen LogP contribution in [-0.2, 0) is 16.8 Å². The van der Waals surface area contributed by atoms with Crippen LogP contribution in [0.2, 0.25) is 0 Å². The molecule has 0 radical (unpaired) electrons. The number of hydrogen-bond donors (Lipinski definition) is 1. The molecule has 5 nitrogen and oxygen atoms in total. The lowest BCUT2D eigenvalue weighted by Gasteiger charge is -2.20. The van der Waals surface area contributed by atoms with Crippen LogP contribution < -0.4 is 10.1 Å². The predicted octanol–water partition coefficient (Wildman–Crippen LogP) is 6.42. The predicted molar refractivity (Wildman–Crippen MR) is 136 cm³/mol. The van der Waals surface area contributed by atoms with Crippen molar-refractivity contribution in [1.29, 1.82) is 0 Å². The second-order valence-corrected chi connectivity index (χ2v) is 9.83. The molecule has 0 saturated carbocycles. The van der Waals surface area contributed by atoms with Crippen molar-refractivity contribution in [3.8, 4) is 5.75 Å². The average molecular weight is 450 g/mol. The van der Waals surface area contributed by atoms with Gasteiger partial charge < -0.3 is 14.6 Å². The van der Waals surface area contributed by atoms with Crippen molar-refractivity contribution in [3.05, 3.63) is 59.9 Å². The van der Waals surface area contributed by atoms with Gasteiger partial charge in [0.2, 0.25) is 5.91 Å². The molecule has 178 valence electrons. The van der Waals surface area contributed by atoms with Gasteiger partial charge in [-0.2, -0.15) is 0 Å². The molecular weight excluding hydrogens is 410 g/mol. The SMILES string of the molecule is CCC(CC)C(=O)NC(C)c1nc2ccccc2n1CCCOc1ccc(C(C)(C)C)cc1. The van der Waals surface area contributed by atoms with Crippen molar-refractivity contribution in [2.75, 3.05) is 6.61 Å². The van der Waals surface area contributed by atoms with E-state index in [4.69, 9.17) is 9.72 Å². The van der Waals surface area contributed by atoms with Crippen LogP contribution in [0.25, 0.3) is 11.0 Å². The van der Waals surface area contributed by atoms with Crippen molar-refractivity contribution in [2.24, 2.45) is 5.92 Å². The fourth-order valence-corrected chi connectivity index (χ4v) is 4.18. The van der Waals surface area contributed by atoms with E-state index in [2.05, 4.69) is 62.7 Å². The molecule has 2 aromatic carbocycles. The maximum atomic E-state index is 12.7. The third-order valence-electron chi connectivity index (χ3n) is 6.30. The number of ether oxygens (including phenoxy) is 1. The molecule has 1 unspecified atom stereocenters. The number of carbonyl (C=O) groups is 1. The fraction of sp³-hybridized carbons (Fsp3) is 0.500. The number of carbonyl (C=O) groups excluding carboxylic acids is 1. The molecule has 0 fully saturated rings. The first-order valence-electron chi connectivity index (χ1n) is 12.2. The van der Waals surface area contributed by atoms with Gasteiger partial charge in [0.15, 0.2) is 0 Å². The van der Waals surface area contributed by atoms with Gasteiger partial charge in [0.25, 0.3) is 0 Å². The van der Waals surface area contributed by atoms with E-state index >= 15 is 0 Å². The third kappa shape index (κ3) is 6.16. The lowest BCUT2D eigenvalue weighted by Crippen LogP contribution is -2.33. The van der Waals surface area contributed by atoms with E-state index in [0.29, 0.717) is 6.61 Å². The van der Waals surface area contributed by atoms with E-state index in [-0.39, 0.29) is 23.3 Å². The normalized spacial score (nSPS) is 12.8. The van der Waals surface area contributed by atoms with Crippen LogP contribution in [0.1, 0.15) is 78.2 Å². The maximum Gasteiger partial charge on any atom is 0.223 e. The number of aromatic nitrogens is 2. The molecule has 0 aliphatic rings. The Morgan fingerprint density at radius 3 is 2.36 bits per heavy atom. The van der Waals surface area contributed by atoms with Gasteiger partial charge in [-0.05, 0) is 61.4 Å². The maximum absolute atomic E-state index is 12.7. The molecule has 33 heavy (non-hydrogen) atoms. The molecule has 0 spiro atoms. The summed E-state index contributed by atoms with van der Waals surface area (Å²) in [7, 11) is 0. The summed E-state index contributed by atoms with van der Waals surface area (Å²) in [5, 5.41) is 3.18. The Balaban J connectivity index is 1.67. The van der Waals surface area contributed by atoms with Crippen LogP contribution in [-0.4, -0.2) is 22.1 Å². The van der Waals surface area contributed by atoms with Crippen molar-refractivity contribution in [3.63, 3.8) is 0 Å². The minimum Gasteiger partial charge on any atom is -0.494 e. The third-order valence-corrected chi connectivity index (χ3v) is 6.30. The van der Waals surface area contributed by atoms with Crippen molar-refractivity contribution >= 4 is 16.9 Å². The number of nitrogens with one attached hydrogen (secondary N) is 1. The minimum absolute atomic E-state index is 0.0448. The zero-order valence-electron chi connectivity index (χ0n) is 21.0. The summed E-state index contributed by atoms with van der Waals surface area (Å²) >= 11 is 0. The zero-order chi connectivity index (χ0) is 24.0. The number of fused-ring (bicyclic) bond motifs is 1. The smallest absolute Gasteiger partial charge is 0.223 e. The number of benzene rings is 2. The largest absolute Gasteiger partial charge is 0.494 e. The van der Waals surface area contributed by atoms with Gasteiger partial charge in [0.05, 0.1) is 23.7 Å². The number of rotatable bonds is 10. The van der Waals surface area contributed by atoms with Gasteiger partial charge in [-0.3, -0.25) is 4.79 Å². The summed E-state index contributed by atoms with van der Waals surface area (Å²) < 4.78 is 8.23. The number of imidazole rings is 1. The van der Waals surface area contributed by atoms with Crippen LogP contribution in [0.5, 0.6) is 5.75 Å². The molecule has 0 bridgehead atoms. The van der Waals surface area contributed by atoms with E-state index in [1.807, 2.05) is 37.3 Å². The number of hydrogen-bond acceptors (Lipinski definition) is 3. The van der Waals surface area contributed by atoms with Gasteiger partial charge in [-0.25, -0.2) is 4.98 Å². The highest BCUT2D eigenvalue weighted by atomic mass is 16.5. The summed E-state index contributed by atoms with van der Waals surface area (Å²) in [5.41, 5.74) is 3.48. The highest BCUT2D eigenvalue weighted by Gasteiger charge is 2.21. The van der Waals surface area contributed by atoms with Gasteiger partial charge in [0, 0.05) is 12.5 Å². The van der Waals surface area contributed by atoms with E-state index < -0.39 is 0 Å². The van der Waals surface area contributed by atoms with E-state index in [0.717, 1.165) is 48.4 Å². The van der Waals surface area contributed by atoms with E-state index in [1.165, 1.54) is 5.56 Å². The Hall–Kier alpha value is -2.82. The van der Waals surface area contributed by atoms with Crippen molar-refractivity contribution < 1.29 is 9.53 Å². The minimum atomic E-state index is -0.156. The van der Waals surface area contributed by atoms with Crippen molar-refractivity contribution in [2.45, 2.75) is 78.8 Å². The van der Waals surface area contributed by atoms with Crippen LogP contribution in [0.15, 0.2) is 48.5 Å². The molecule has 3 rings (SSSR count). The number of aryl methyl sites for hydroxylation is 1. The number of amides is 1. The molecule has 1 N–H and O–H groups in total. The summed E-state index contributed by atoms with van der Waals surface area (Å²) in [4.78, 5) is 17.5. The monoisotopic (exact) mass is 449 g/mol. The van der Waals surface area contributed by atoms with Gasteiger partial charge in [0.1, 0.15) is 11.6 Å². The first kappa shape index (κ1) is 24.8. The average Bonchev–Trinajstić information content (AvgIpc) is 3.16. The highest BCUT2D eigenvalue weighted by Crippen LogP contribution is 2.25. The van der Waals surface area contributed by atoms with E-state index in [9.17, 15) is 4.79 Å². The lowest BCUT2D eigenvalue weighted by atomic mass is 9.87. The fourth-order valence-electron chi connectivity index (χ4n) is 4.18. The first-order valence-corrected chi connectivity index (χ1v) is 12.2. The summed E-state index contributed by atoms with van der Waals surface area (Å²) in [6.07, 6.45) is 2.54. The molecule has 0 saturated heterocycles. The summed E-state index contributed by atoms with van der Waals surface area (Å²) in [6, 6.07) is 16.4. The Labute approximate surface area is 198 Å². The van der Waals surface area contributed by atoms with Crippen LogP contribution in [0.4, 0.5) is 0 Å². The Kier molecular flexibility index (Phi) is 8.17. The molecule has 5 heteroatoms. The molecule has 0 aliphatic heterocycles. The van der Waals surface area contributed by atoms with Crippen LogP contribution >= 0.6 is 0 Å². The van der Waals surface area contributed by atoms with Crippen LogP contribution in [0.3, 0.4) is 0 Å². The van der Waals surface area contributed by atoms with E-state index in [1.54, 1.807) is 0 Å². The number of para-hydroxylation sites is 2. The quantitative estimate of drug-likeness (QED) is 0.364. The molecule has 0 aliphatic carbocycles. The van der Waals surface area contributed by atoms with Gasteiger partial charge in [-0.1, -0.05) is 58.9 Å². The van der Waals surface area contributed by atoms with Crippen LogP contribution in [0, 0.1) is 5.92 Å². The molecule has 1 aromatic heterocycles. The highest BCUT2D eigenvalue weighted by molar-refractivity contribution is 5.79. The standard InChI is InChI=1S/C28H39N3O2/c1-7-21(8-2)27(32)29-20(3)26-30-24-12-9-10-13-25(24)31(26)18-11-19-33-23-16-14-22(15-17-23)28(4,5)6/h9-10,12-17,20-21H,7-8,11,18-19H2,1-6H3,(H,29,32). The molecular formula is C28H39N3O2. The zero-order valence-corrected chi connectivity index (χ0v) is 21.0. The Morgan fingerprint density at radius 2 is 1.73 bits per heavy atom. The van der Waals surface area contributed by atoms with Gasteiger partial charge in [-0.15, -0.1) is 0 Å². The molecule has 1 atom stereocenters. The summed E-state index contributed by atoms with van der Waals surface area (Å²) in [6.45, 7) is 14.2. The Morgan fingerprint density at radius 1 is 1.06 bits per heavy atom. The first-order chi connectivity index (χ1) is 15.7. The Bertz CT molecular complexity index is 1040. The molecule has 1 heterocycles. The second kappa shape index (κ2) is 10.9. The molecule has 1 amide bonds.